The molecule has 1 atom stereocenters. The van der Waals surface area contributed by atoms with Gasteiger partial charge in [0.05, 0.1) is 11.0 Å². The van der Waals surface area contributed by atoms with Crippen molar-refractivity contribution in [1.29, 1.82) is 0 Å². The lowest BCUT2D eigenvalue weighted by molar-refractivity contribution is 0.781. The molecule has 0 spiro atoms. The van der Waals surface area contributed by atoms with E-state index in [0.717, 1.165) is 50.5 Å². The Bertz CT molecular complexity index is 1890. The molecule has 2 aliphatic carbocycles. The van der Waals surface area contributed by atoms with Crippen molar-refractivity contribution in [2.45, 2.75) is 6.42 Å². The Kier molecular flexibility index (Phi) is 4.68. The van der Waals surface area contributed by atoms with Crippen molar-refractivity contribution in [3.63, 3.8) is 0 Å². The number of hydrogen-bond acceptors (Lipinski definition) is 1. The van der Waals surface area contributed by atoms with Gasteiger partial charge in [0.2, 0.25) is 0 Å². The maximum atomic E-state index is 13.8. The molecule has 1 aromatic heterocycles. The zero-order chi connectivity index (χ0) is 24.2. The highest BCUT2D eigenvalue weighted by molar-refractivity contribution is 5.98. The molecule has 0 saturated heterocycles. The molecule has 5 aromatic rings. The van der Waals surface area contributed by atoms with Crippen LogP contribution in [0.4, 0.5) is 0 Å². The second-order valence-electron chi connectivity index (χ2n) is 9.81. The highest BCUT2D eigenvalue weighted by atomic mass is 16.1. The standard InChI is InChI=1S/C34H25NO/c1-35-32-16-14-28(26-12-10-22-6-2-4-8-24(22)18-26)20-30(32)34(36)31-21-29(15-17-33(31)35)27-13-11-23-7-3-5-9-25(23)19-27/h2-6,8-21,23H,7H2,1H3. The third kappa shape index (κ3) is 3.30. The van der Waals surface area contributed by atoms with Gasteiger partial charge in [-0.3, -0.25) is 4.79 Å². The lowest BCUT2D eigenvalue weighted by atomic mass is 9.84. The second kappa shape index (κ2) is 8.07. The van der Waals surface area contributed by atoms with E-state index < -0.39 is 0 Å². The van der Waals surface area contributed by atoms with Crippen LogP contribution in [0.5, 0.6) is 0 Å². The molecule has 7 rings (SSSR count). The van der Waals surface area contributed by atoms with E-state index in [4.69, 9.17) is 0 Å². The van der Waals surface area contributed by atoms with Crippen LogP contribution in [0.3, 0.4) is 0 Å². The summed E-state index contributed by atoms with van der Waals surface area (Å²) in [4.78, 5) is 13.8. The number of allylic oxidation sites excluding steroid dienone is 8. The Labute approximate surface area is 209 Å². The van der Waals surface area contributed by atoms with Crippen LogP contribution in [0.1, 0.15) is 12.0 Å². The summed E-state index contributed by atoms with van der Waals surface area (Å²) in [5, 5.41) is 3.92. The van der Waals surface area contributed by atoms with Crippen molar-refractivity contribution >= 4 is 38.2 Å². The zero-order valence-corrected chi connectivity index (χ0v) is 20.1. The lowest BCUT2D eigenvalue weighted by Gasteiger charge is -2.21. The van der Waals surface area contributed by atoms with Crippen molar-refractivity contribution < 1.29 is 0 Å². The molecule has 1 unspecified atom stereocenters. The van der Waals surface area contributed by atoms with E-state index in [0.29, 0.717) is 5.92 Å². The molecule has 36 heavy (non-hydrogen) atoms. The Morgan fingerprint density at radius 2 is 1.47 bits per heavy atom. The summed E-state index contributed by atoms with van der Waals surface area (Å²) < 4.78 is 2.13. The van der Waals surface area contributed by atoms with Crippen LogP contribution in [0.25, 0.3) is 49.3 Å². The van der Waals surface area contributed by atoms with Crippen LogP contribution in [-0.2, 0) is 7.05 Å². The monoisotopic (exact) mass is 463 g/mol. The van der Waals surface area contributed by atoms with Crippen LogP contribution in [0.2, 0.25) is 0 Å². The van der Waals surface area contributed by atoms with Gasteiger partial charge in [-0.25, -0.2) is 0 Å². The first-order valence-corrected chi connectivity index (χ1v) is 12.5. The molecule has 4 aromatic carbocycles. The molecule has 2 heteroatoms. The quantitative estimate of drug-likeness (QED) is 0.243. The van der Waals surface area contributed by atoms with Crippen molar-refractivity contribution in [2.75, 3.05) is 0 Å². The van der Waals surface area contributed by atoms with Gasteiger partial charge in [0.25, 0.3) is 0 Å². The van der Waals surface area contributed by atoms with E-state index >= 15 is 0 Å². The first kappa shape index (κ1) is 20.9. The summed E-state index contributed by atoms with van der Waals surface area (Å²) in [6.45, 7) is 0. The fourth-order valence-corrected chi connectivity index (χ4v) is 5.66. The minimum Gasteiger partial charge on any atom is -0.343 e. The second-order valence-corrected chi connectivity index (χ2v) is 9.81. The molecule has 0 aliphatic heterocycles. The normalized spacial score (nSPS) is 16.9. The maximum Gasteiger partial charge on any atom is 0.197 e. The Morgan fingerprint density at radius 3 is 2.31 bits per heavy atom. The number of hydrogen-bond donors (Lipinski definition) is 0. The highest BCUT2D eigenvalue weighted by Gasteiger charge is 2.17. The Morgan fingerprint density at radius 1 is 0.778 bits per heavy atom. The third-order valence-electron chi connectivity index (χ3n) is 7.69. The fraction of sp³-hybridized carbons (Fsp3) is 0.0882. The van der Waals surface area contributed by atoms with Gasteiger partial charge in [0, 0.05) is 23.7 Å². The number of pyridine rings is 1. The van der Waals surface area contributed by atoms with Crippen molar-refractivity contribution in [2.24, 2.45) is 13.0 Å². The number of aryl methyl sites for hydroxylation is 1. The minimum atomic E-state index is 0.0840. The molecular weight excluding hydrogens is 438 g/mol. The third-order valence-corrected chi connectivity index (χ3v) is 7.69. The molecule has 0 radical (unpaired) electrons. The Hall–Kier alpha value is -4.43. The number of nitrogens with zero attached hydrogens (tertiary/aromatic N) is 1. The van der Waals surface area contributed by atoms with E-state index in [9.17, 15) is 4.79 Å². The molecular formula is C34H25NO. The van der Waals surface area contributed by atoms with Gasteiger partial charge in [0.1, 0.15) is 0 Å². The Balaban J connectivity index is 1.39. The predicted molar refractivity (Wildman–Crippen MR) is 152 cm³/mol. The average Bonchev–Trinajstić information content (AvgIpc) is 2.95. The van der Waals surface area contributed by atoms with E-state index in [1.807, 2.05) is 7.05 Å². The molecule has 1 heterocycles. The average molecular weight is 464 g/mol. The fourth-order valence-electron chi connectivity index (χ4n) is 5.66. The first-order chi connectivity index (χ1) is 17.7. The molecule has 0 saturated carbocycles. The summed E-state index contributed by atoms with van der Waals surface area (Å²) in [6.07, 6.45) is 14.3. The largest absolute Gasteiger partial charge is 0.343 e. The molecule has 0 fully saturated rings. The predicted octanol–water partition coefficient (Wildman–Crippen LogP) is 7.97. The van der Waals surface area contributed by atoms with Crippen molar-refractivity contribution in [1.82, 2.24) is 4.57 Å². The molecule has 0 amide bonds. The molecule has 0 N–H and O–H groups in total. The summed E-state index contributed by atoms with van der Waals surface area (Å²) >= 11 is 0. The van der Waals surface area contributed by atoms with E-state index in [1.54, 1.807) is 0 Å². The summed E-state index contributed by atoms with van der Waals surface area (Å²) in [5.74, 6) is 0.463. The van der Waals surface area contributed by atoms with Crippen LogP contribution in [0.15, 0.2) is 126 Å². The maximum absolute atomic E-state index is 13.8. The first-order valence-electron chi connectivity index (χ1n) is 12.5. The molecule has 0 bridgehead atoms. The van der Waals surface area contributed by atoms with E-state index in [2.05, 4.69) is 120 Å². The van der Waals surface area contributed by atoms with Gasteiger partial charge in [-0.2, -0.15) is 0 Å². The molecule has 2 nitrogen and oxygen atoms in total. The van der Waals surface area contributed by atoms with Crippen LogP contribution in [-0.4, -0.2) is 4.57 Å². The number of benzene rings is 4. The van der Waals surface area contributed by atoms with Crippen molar-refractivity contribution in [3.05, 3.63) is 137 Å². The van der Waals surface area contributed by atoms with Gasteiger partial charge in [-0.05, 0) is 75.4 Å². The van der Waals surface area contributed by atoms with Crippen molar-refractivity contribution in [3.8, 4) is 11.1 Å². The van der Waals surface area contributed by atoms with E-state index in [-0.39, 0.29) is 5.43 Å². The van der Waals surface area contributed by atoms with Gasteiger partial charge >= 0.3 is 0 Å². The van der Waals surface area contributed by atoms with E-state index in [1.165, 1.54) is 16.3 Å². The summed E-state index contributed by atoms with van der Waals surface area (Å²) in [6, 6.07) is 27.4. The summed E-state index contributed by atoms with van der Waals surface area (Å²) in [5.41, 5.74) is 7.73. The van der Waals surface area contributed by atoms with Gasteiger partial charge in [-0.15, -0.1) is 0 Å². The lowest BCUT2D eigenvalue weighted by Crippen LogP contribution is -2.10. The van der Waals surface area contributed by atoms with Crippen LogP contribution >= 0.6 is 0 Å². The molecule has 2 aliphatic rings. The van der Waals surface area contributed by atoms with Gasteiger partial charge < -0.3 is 4.57 Å². The number of fused-ring (bicyclic) bond motifs is 4. The smallest absolute Gasteiger partial charge is 0.197 e. The van der Waals surface area contributed by atoms with Crippen LogP contribution in [0, 0.1) is 5.92 Å². The number of rotatable bonds is 2. The minimum absolute atomic E-state index is 0.0840. The van der Waals surface area contributed by atoms with Gasteiger partial charge in [0.15, 0.2) is 5.43 Å². The summed E-state index contributed by atoms with van der Waals surface area (Å²) in [7, 11) is 2.04. The molecule has 172 valence electrons. The van der Waals surface area contributed by atoms with Crippen LogP contribution < -0.4 is 5.43 Å². The zero-order valence-electron chi connectivity index (χ0n) is 20.1. The number of aromatic nitrogens is 1. The topological polar surface area (TPSA) is 22.0 Å². The SMILES string of the molecule is Cn1c2ccc(C3=CC4=CC=CCC4C=C3)cc2c(=O)c2cc(-c3ccc4ccccc4c3)ccc21. The highest BCUT2D eigenvalue weighted by Crippen LogP contribution is 2.33. The van der Waals surface area contributed by atoms with Gasteiger partial charge in [-0.1, -0.05) is 85.0 Å².